The number of hydrogen-bond donors (Lipinski definition) is 0. The van der Waals surface area contributed by atoms with Crippen LogP contribution in [0.2, 0.25) is 0 Å². The van der Waals surface area contributed by atoms with Crippen molar-refractivity contribution < 1.29 is 23.8 Å². The lowest BCUT2D eigenvalue weighted by atomic mass is 9.81. The number of hydrogen-bond acceptors (Lipinski definition) is 5. The highest BCUT2D eigenvalue weighted by molar-refractivity contribution is 5.83. The predicted octanol–water partition coefficient (Wildman–Crippen LogP) is 1.83. The van der Waals surface area contributed by atoms with Gasteiger partial charge in [0.15, 0.2) is 5.60 Å². The Balaban J connectivity index is 2.05. The van der Waals surface area contributed by atoms with Gasteiger partial charge in [-0.3, -0.25) is 4.79 Å². The largest absolute Gasteiger partial charge is 0.464 e. The van der Waals surface area contributed by atoms with Crippen molar-refractivity contribution in [1.29, 1.82) is 0 Å². The van der Waals surface area contributed by atoms with Crippen LogP contribution in [0.1, 0.15) is 47.0 Å². The molecule has 3 unspecified atom stereocenters. The number of rotatable bonds is 3. The van der Waals surface area contributed by atoms with Gasteiger partial charge >= 0.3 is 11.9 Å². The number of carbonyl (C=O) groups is 2. The summed E-state index contributed by atoms with van der Waals surface area (Å²) in [6.45, 7) is 7.59. The fraction of sp³-hybridized carbons (Fsp3) is 0.857. The average molecular weight is 270 g/mol. The first-order valence-electron chi connectivity index (χ1n) is 6.85. The van der Waals surface area contributed by atoms with Crippen molar-refractivity contribution in [2.75, 3.05) is 6.61 Å². The first-order valence-corrected chi connectivity index (χ1v) is 6.85. The molecule has 2 rings (SSSR count). The van der Waals surface area contributed by atoms with Crippen LogP contribution in [0.5, 0.6) is 0 Å². The van der Waals surface area contributed by atoms with Gasteiger partial charge in [-0.2, -0.15) is 0 Å². The average Bonchev–Trinajstić information content (AvgIpc) is 2.85. The van der Waals surface area contributed by atoms with E-state index in [0.29, 0.717) is 25.9 Å². The summed E-state index contributed by atoms with van der Waals surface area (Å²) in [6, 6.07) is 0. The Morgan fingerprint density at radius 2 is 2.05 bits per heavy atom. The van der Waals surface area contributed by atoms with Gasteiger partial charge in [0.05, 0.1) is 18.6 Å². The van der Waals surface area contributed by atoms with Crippen LogP contribution in [0.3, 0.4) is 0 Å². The third-order valence-electron chi connectivity index (χ3n) is 3.57. The van der Waals surface area contributed by atoms with Crippen molar-refractivity contribution in [3.8, 4) is 0 Å². The quantitative estimate of drug-likeness (QED) is 0.732. The van der Waals surface area contributed by atoms with Crippen LogP contribution < -0.4 is 0 Å². The highest BCUT2D eigenvalue weighted by atomic mass is 16.6. The number of carbonyl (C=O) groups excluding carboxylic acids is 2. The number of fused-ring (bicyclic) bond motifs is 2. The van der Waals surface area contributed by atoms with E-state index in [9.17, 15) is 9.59 Å². The van der Waals surface area contributed by atoms with Gasteiger partial charge in [-0.15, -0.1) is 0 Å². The number of esters is 2. The van der Waals surface area contributed by atoms with Crippen LogP contribution >= 0.6 is 0 Å². The summed E-state index contributed by atoms with van der Waals surface area (Å²) in [7, 11) is 0. The lowest BCUT2D eigenvalue weighted by molar-refractivity contribution is -0.164. The fourth-order valence-electron chi connectivity index (χ4n) is 2.81. The summed E-state index contributed by atoms with van der Waals surface area (Å²) in [6.07, 6.45) is 1.52. The minimum atomic E-state index is -0.914. The monoisotopic (exact) mass is 270 g/mol. The van der Waals surface area contributed by atoms with Gasteiger partial charge in [0.1, 0.15) is 5.60 Å². The molecule has 0 aromatic rings. The minimum absolute atomic E-state index is 0.209. The van der Waals surface area contributed by atoms with Crippen LogP contribution in [0.4, 0.5) is 0 Å². The van der Waals surface area contributed by atoms with E-state index in [1.54, 1.807) is 6.92 Å². The molecule has 2 aliphatic rings. The Morgan fingerprint density at radius 1 is 1.37 bits per heavy atom. The molecule has 3 atom stereocenters. The first kappa shape index (κ1) is 14.3. The van der Waals surface area contributed by atoms with Gasteiger partial charge in [0.25, 0.3) is 0 Å². The summed E-state index contributed by atoms with van der Waals surface area (Å²) >= 11 is 0. The smallest absolute Gasteiger partial charge is 0.338 e. The summed E-state index contributed by atoms with van der Waals surface area (Å²) in [5.74, 6) is -0.968. The van der Waals surface area contributed by atoms with E-state index in [-0.39, 0.29) is 24.0 Å². The summed E-state index contributed by atoms with van der Waals surface area (Å²) in [4.78, 5) is 24.1. The highest BCUT2D eigenvalue weighted by Crippen LogP contribution is 2.48. The molecule has 2 aliphatic heterocycles. The van der Waals surface area contributed by atoms with Crippen LogP contribution in [-0.4, -0.2) is 35.9 Å². The SMILES string of the molecule is CCOC(=O)C12CCC(O1)C(C(=O)OC(C)(C)C)C2. The lowest BCUT2D eigenvalue weighted by Gasteiger charge is -2.26. The molecule has 2 fully saturated rings. The zero-order valence-electron chi connectivity index (χ0n) is 12.0. The maximum atomic E-state index is 12.1. The molecule has 0 amide bonds. The molecule has 0 aromatic heterocycles. The Labute approximate surface area is 113 Å². The maximum absolute atomic E-state index is 12.1. The Hall–Kier alpha value is -1.10. The topological polar surface area (TPSA) is 61.8 Å². The zero-order chi connectivity index (χ0) is 14.3. The van der Waals surface area contributed by atoms with Gasteiger partial charge in [0.2, 0.25) is 0 Å². The molecular weight excluding hydrogens is 248 g/mol. The van der Waals surface area contributed by atoms with Crippen LogP contribution in [0, 0.1) is 5.92 Å². The molecular formula is C14H22O5. The van der Waals surface area contributed by atoms with E-state index in [0.717, 1.165) is 0 Å². The Morgan fingerprint density at radius 3 is 2.63 bits per heavy atom. The van der Waals surface area contributed by atoms with E-state index in [4.69, 9.17) is 14.2 Å². The molecule has 0 aromatic carbocycles. The molecule has 19 heavy (non-hydrogen) atoms. The normalized spacial score (nSPS) is 33.3. The molecule has 0 N–H and O–H groups in total. The molecule has 0 saturated carbocycles. The van der Waals surface area contributed by atoms with Crippen LogP contribution in [0.15, 0.2) is 0 Å². The molecule has 0 spiro atoms. The van der Waals surface area contributed by atoms with E-state index in [1.165, 1.54) is 0 Å². The molecule has 5 nitrogen and oxygen atoms in total. The van der Waals surface area contributed by atoms with Crippen LogP contribution in [0.25, 0.3) is 0 Å². The molecule has 2 heterocycles. The van der Waals surface area contributed by atoms with Crippen molar-refractivity contribution in [1.82, 2.24) is 0 Å². The van der Waals surface area contributed by atoms with Gasteiger partial charge in [-0.05, 0) is 40.5 Å². The third-order valence-corrected chi connectivity index (χ3v) is 3.57. The molecule has 0 radical (unpaired) electrons. The molecule has 5 heteroatoms. The summed E-state index contributed by atoms with van der Waals surface area (Å²) in [5, 5.41) is 0. The van der Waals surface area contributed by atoms with E-state index < -0.39 is 11.2 Å². The third kappa shape index (κ3) is 2.76. The van der Waals surface area contributed by atoms with Gasteiger partial charge in [-0.1, -0.05) is 0 Å². The molecule has 2 saturated heterocycles. The first-order chi connectivity index (χ1) is 8.77. The Kier molecular flexibility index (Phi) is 3.60. The Bertz CT molecular complexity index is 384. The second-order valence-corrected chi connectivity index (χ2v) is 6.25. The standard InChI is InChI=1S/C14H22O5/c1-5-17-12(16)14-7-6-10(18-14)9(8-14)11(15)19-13(2,3)4/h9-10H,5-8H2,1-4H3. The van der Waals surface area contributed by atoms with Crippen molar-refractivity contribution in [3.05, 3.63) is 0 Å². The summed E-state index contributed by atoms with van der Waals surface area (Å²) < 4.78 is 16.2. The van der Waals surface area contributed by atoms with Gasteiger partial charge < -0.3 is 14.2 Å². The fourth-order valence-corrected chi connectivity index (χ4v) is 2.81. The van der Waals surface area contributed by atoms with Gasteiger partial charge in [-0.25, -0.2) is 4.79 Å². The molecule has 0 aliphatic carbocycles. The van der Waals surface area contributed by atoms with E-state index in [1.807, 2.05) is 20.8 Å². The lowest BCUT2D eigenvalue weighted by Crippen LogP contribution is -2.40. The predicted molar refractivity (Wildman–Crippen MR) is 67.4 cm³/mol. The second-order valence-electron chi connectivity index (χ2n) is 6.25. The molecule has 108 valence electrons. The van der Waals surface area contributed by atoms with Crippen LogP contribution in [-0.2, 0) is 23.8 Å². The highest BCUT2D eigenvalue weighted by Gasteiger charge is 2.60. The summed E-state index contributed by atoms with van der Waals surface area (Å²) in [5.41, 5.74) is -1.43. The van der Waals surface area contributed by atoms with E-state index >= 15 is 0 Å². The maximum Gasteiger partial charge on any atom is 0.338 e. The van der Waals surface area contributed by atoms with Crippen molar-refractivity contribution in [2.45, 2.75) is 64.3 Å². The van der Waals surface area contributed by atoms with Gasteiger partial charge in [0, 0.05) is 6.42 Å². The van der Waals surface area contributed by atoms with Crippen molar-refractivity contribution >= 4 is 11.9 Å². The number of ether oxygens (including phenoxy) is 3. The molecule has 2 bridgehead atoms. The van der Waals surface area contributed by atoms with Crippen molar-refractivity contribution in [2.24, 2.45) is 5.92 Å². The van der Waals surface area contributed by atoms with Crippen molar-refractivity contribution in [3.63, 3.8) is 0 Å². The second kappa shape index (κ2) is 4.78. The zero-order valence-corrected chi connectivity index (χ0v) is 12.0. The van der Waals surface area contributed by atoms with E-state index in [2.05, 4.69) is 0 Å². The minimum Gasteiger partial charge on any atom is -0.464 e.